The average Bonchev–Trinajstić information content (AvgIpc) is 3.18. The molecule has 3 rings (SSSR count). The van der Waals surface area contributed by atoms with Gasteiger partial charge in [0.2, 0.25) is 0 Å². The average molecular weight is 561 g/mol. The van der Waals surface area contributed by atoms with E-state index in [0.717, 1.165) is 5.56 Å². The Balaban J connectivity index is 1.96. The summed E-state index contributed by atoms with van der Waals surface area (Å²) < 4.78 is 22.9. The Morgan fingerprint density at radius 2 is 1.53 bits per heavy atom. The van der Waals surface area contributed by atoms with Crippen molar-refractivity contribution in [2.24, 2.45) is 0 Å². The molecule has 2 heterocycles. The third-order valence-corrected chi connectivity index (χ3v) is 17.7. The summed E-state index contributed by atoms with van der Waals surface area (Å²) in [5.41, 5.74) is 0.759. The second-order valence-electron chi connectivity index (χ2n) is 13.7. The highest BCUT2D eigenvalue weighted by Crippen LogP contribution is 2.42. The van der Waals surface area contributed by atoms with E-state index in [1.165, 1.54) is 4.57 Å². The van der Waals surface area contributed by atoms with Crippen LogP contribution in [-0.4, -0.2) is 44.6 Å². The number of aromatic nitrogens is 2. The van der Waals surface area contributed by atoms with Crippen molar-refractivity contribution in [1.82, 2.24) is 9.13 Å². The van der Waals surface area contributed by atoms with Crippen LogP contribution in [0.25, 0.3) is 0 Å². The Hall–Kier alpha value is -1.79. The number of hydrogen-bond acceptors (Lipinski definition) is 5. The fraction of sp³-hybridized carbons (Fsp3) is 0.655. The molecular formula is C29H48N2O5Si2. The lowest BCUT2D eigenvalue weighted by Gasteiger charge is -2.40. The van der Waals surface area contributed by atoms with Crippen molar-refractivity contribution < 1.29 is 13.6 Å². The molecule has 212 valence electrons. The van der Waals surface area contributed by atoms with Crippen molar-refractivity contribution in [2.75, 3.05) is 6.61 Å². The molecule has 9 heteroatoms. The summed E-state index contributed by atoms with van der Waals surface area (Å²) in [5.74, 6) is 0. The summed E-state index contributed by atoms with van der Waals surface area (Å²) in [5, 5.41) is 0.105. The predicted molar refractivity (Wildman–Crippen MR) is 159 cm³/mol. The molecule has 0 radical (unpaired) electrons. The lowest BCUT2D eigenvalue weighted by atomic mass is 10.2. The maximum atomic E-state index is 13.6. The first-order valence-electron chi connectivity index (χ1n) is 13.7. The van der Waals surface area contributed by atoms with Crippen LogP contribution in [-0.2, 0) is 20.1 Å². The summed E-state index contributed by atoms with van der Waals surface area (Å²) >= 11 is 0. The molecule has 0 aliphatic carbocycles. The molecule has 2 aromatic rings. The van der Waals surface area contributed by atoms with Gasteiger partial charge in [-0.05, 0) is 48.8 Å². The molecule has 0 bridgehead atoms. The van der Waals surface area contributed by atoms with Gasteiger partial charge in [0.15, 0.2) is 16.6 Å². The van der Waals surface area contributed by atoms with E-state index in [1.54, 1.807) is 17.7 Å². The summed E-state index contributed by atoms with van der Waals surface area (Å²) in [6.45, 7) is 24.7. The molecular weight excluding hydrogens is 513 g/mol. The van der Waals surface area contributed by atoms with Gasteiger partial charge in [-0.3, -0.25) is 13.9 Å². The first-order chi connectivity index (χ1) is 17.3. The first-order valence-corrected chi connectivity index (χ1v) is 19.5. The van der Waals surface area contributed by atoms with E-state index >= 15 is 0 Å². The summed E-state index contributed by atoms with van der Waals surface area (Å²) in [6, 6.07) is 9.57. The smallest absolute Gasteiger partial charge is 0.333 e. The number of aryl methyl sites for hydroxylation is 1. The number of hydrogen-bond donors (Lipinski definition) is 0. The van der Waals surface area contributed by atoms with E-state index in [1.807, 2.05) is 30.3 Å². The van der Waals surface area contributed by atoms with Gasteiger partial charge in [0.1, 0.15) is 12.3 Å². The zero-order valence-electron chi connectivity index (χ0n) is 25.3. The minimum Gasteiger partial charge on any atom is -0.414 e. The number of rotatable bonds is 8. The van der Waals surface area contributed by atoms with Crippen molar-refractivity contribution in [1.29, 1.82) is 0 Å². The number of ether oxygens (including phenoxy) is 1. The molecule has 0 saturated carbocycles. The van der Waals surface area contributed by atoms with Gasteiger partial charge in [-0.15, -0.1) is 0 Å². The minimum atomic E-state index is -2.12. The highest BCUT2D eigenvalue weighted by Gasteiger charge is 2.46. The Morgan fingerprint density at radius 3 is 2.08 bits per heavy atom. The number of nitrogens with zero attached hydrogens (tertiary/aromatic N) is 2. The fourth-order valence-electron chi connectivity index (χ4n) is 4.08. The topological polar surface area (TPSA) is 71.7 Å². The van der Waals surface area contributed by atoms with Gasteiger partial charge < -0.3 is 13.6 Å². The Labute approximate surface area is 230 Å². The molecule has 1 saturated heterocycles. The zero-order chi connectivity index (χ0) is 28.7. The summed E-state index contributed by atoms with van der Waals surface area (Å²) in [6.07, 6.45) is 1.13. The first kappa shape index (κ1) is 30.8. The minimum absolute atomic E-state index is 0.0340. The highest BCUT2D eigenvalue weighted by molar-refractivity contribution is 6.74. The van der Waals surface area contributed by atoms with E-state index in [0.29, 0.717) is 18.6 Å². The van der Waals surface area contributed by atoms with E-state index < -0.39 is 22.9 Å². The predicted octanol–water partition coefficient (Wildman–Crippen LogP) is 6.07. The van der Waals surface area contributed by atoms with Gasteiger partial charge in [0, 0.05) is 18.2 Å². The van der Waals surface area contributed by atoms with E-state index in [9.17, 15) is 9.59 Å². The van der Waals surface area contributed by atoms with Crippen LogP contribution in [0.4, 0.5) is 0 Å². The largest absolute Gasteiger partial charge is 0.414 e. The third kappa shape index (κ3) is 6.67. The van der Waals surface area contributed by atoms with Gasteiger partial charge in [-0.1, -0.05) is 71.9 Å². The van der Waals surface area contributed by atoms with Crippen LogP contribution in [0, 0.1) is 6.92 Å². The normalized spacial score (nSPS) is 21.2. The molecule has 0 spiro atoms. The molecule has 1 unspecified atom stereocenters. The molecule has 1 fully saturated rings. The Bertz CT molecular complexity index is 1220. The van der Waals surface area contributed by atoms with Crippen molar-refractivity contribution in [3.63, 3.8) is 0 Å². The molecule has 1 aromatic heterocycles. The van der Waals surface area contributed by atoms with Gasteiger partial charge in [-0.25, -0.2) is 4.79 Å². The molecule has 1 aliphatic heterocycles. The van der Waals surface area contributed by atoms with Gasteiger partial charge in [0.25, 0.3) is 5.56 Å². The van der Waals surface area contributed by atoms with Gasteiger partial charge >= 0.3 is 5.69 Å². The molecule has 0 N–H and O–H groups in total. The molecule has 38 heavy (non-hydrogen) atoms. The lowest BCUT2D eigenvalue weighted by molar-refractivity contribution is -0.0417. The van der Waals surface area contributed by atoms with Crippen molar-refractivity contribution in [3.8, 4) is 0 Å². The standard InChI is InChI=1S/C29H48N2O5Si2/c1-21-18-30(27(33)31(26(21)32)19-22-15-13-12-14-16-22)25-17-23(36-38(10,11)29(5,6)7)24(35-25)20-34-37(8,9)28(2,3)4/h12-16,18,23-25H,17,19-20H2,1-11H3/t23?,24-,25-/m1/s1. The Kier molecular flexibility index (Phi) is 8.90. The lowest BCUT2D eigenvalue weighted by Crippen LogP contribution is -2.48. The number of benzene rings is 1. The molecule has 1 aliphatic rings. The van der Waals surface area contributed by atoms with Crippen molar-refractivity contribution in [3.05, 3.63) is 68.5 Å². The van der Waals surface area contributed by atoms with Crippen LogP contribution in [0.5, 0.6) is 0 Å². The van der Waals surface area contributed by atoms with Crippen molar-refractivity contribution in [2.45, 2.75) is 116 Å². The van der Waals surface area contributed by atoms with Crippen LogP contribution in [0.15, 0.2) is 46.1 Å². The molecule has 7 nitrogen and oxygen atoms in total. The molecule has 3 atom stereocenters. The van der Waals surface area contributed by atoms with Crippen LogP contribution in [0.3, 0.4) is 0 Å². The second kappa shape index (κ2) is 11.0. The van der Waals surface area contributed by atoms with Gasteiger partial charge in [-0.2, -0.15) is 0 Å². The zero-order valence-corrected chi connectivity index (χ0v) is 27.3. The summed E-state index contributed by atoms with van der Waals surface area (Å²) in [7, 11) is -4.13. The summed E-state index contributed by atoms with van der Waals surface area (Å²) in [4.78, 5) is 26.6. The molecule has 1 aromatic carbocycles. The maximum Gasteiger partial charge on any atom is 0.333 e. The fourth-order valence-corrected chi connectivity index (χ4v) is 6.45. The van der Waals surface area contributed by atoms with Gasteiger partial charge in [0.05, 0.1) is 19.3 Å². The SMILES string of the molecule is Cc1cn([C@H]2CC(O[Si](C)(C)C(C)(C)C)[C@@H](CO[Si](C)(C)C(C)(C)C)O2)c(=O)n(Cc2ccccc2)c1=O. The Morgan fingerprint density at radius 1 is 0.947 bits per heavy atom. The van der Waals surface area contributed by atoms with Crippen LogP contribution >= 0.6 is 0 Å². The van der Waals surface area contributed by atoms with E-state index in [4.69, 9.17) is 13.6 Å². The van der Waals surface area contributed by atoms with Crippen LogP contribution in [0.1, 0.15) is 65.3 Å². The highest BCUT2D eigenvalue weighted by atomic mass is 28.4. The molecule has 0 amide bonds. The quantitative estimate of drug-likeness (QED) is 0.367. The van der Waals surface area contributed by atoms with E-state index in [2.05, 4.69) is 67.7 Å². The maximum absolute atomic E-state index is 13.6. The van der Waals surface area contributed by atoms with Crippen LogP contribution < -0.4 is 11.2 Å². The third-order valence-electron chi connectivity index (χ3n) is 8.71. The second-order valence-corrected chi connectivity index (χ2v) is 23.3. The van der Waals surface area contributed by atoms with E-state index in [-0.39, 0.29) is 40.1 Å². The monoisotopic (exact) mass is 560 g/mol. The van der Waals surface area contributed by atoms with Crippen molar-refractivity contribution >= 4 is 16.6 Å². The van der Waals surface area contributed by atoms with Crippen LogP contribution in [0.2, 0.25) is 36.3 Å².